The molecule has 1 aromatic heterocycles. The Hall–Kier alpha value is -1.38. The summed E-state index contributed by atoms with van der Waals surface area (Å²) in [5.41, 5.74) is 1.01. The number of hydrogen-bond donors (Lipinski definition) is 1. The van der Waals surface area contributed by atoms with Gasteiger partial charge in [0.2, 0.25) is 0 Å². The van der Waals surface area contributed by atoms with Gasteiger partial charge in [0, 0.05) is 6.20 Å². The molecule has 3 heteroatoms. The molecule has 1 aromatic rings. The SMILES string of the molecule is CCCCC.Cc1ccnc(C(=O)O)c1. The molecule has 0 fully saturated rings. The van der Waals surface area contributed by atoms with Crippen molar-refractivity contribution in [2.45, 2.75) is 40.0 Å². The molecule has 84 valence electrons. The summed E-state index contributed by atoms with van der Waals surface area (Å²) in [5.74, 6) is -0.983. The number of aromatic carboxylic acids is 1. The van der Waals surface area contributed by atoms with Crippen LogP contribution in [0.25, 0.3) is 0 Å². The smallest absolute Gasteiger partial charge is 0.354 e. The van der Waals surface area contributed by atoms with Gasteiger partial charge in [0.25, 0.3) is 0 Å². The van der Waals surface area contributed by atoms with Gasteiger partial charge < -0.3 is 5.11 Å². The van der Waals surface area contributed by atoms with Gasteiger partial charge in [-0.05, 0) is 24.6 Å². The molecular formula is C12H19NO2. The number of pyridine rings is 1. The molecule has 1 rings (SSSR count). The van der Waals surface area contributed by atoms with Crippen molar-refractivity contribution in [2.75, 3.05) is 0 Å². The zero-order valence-corrected chi connectivity index (χ0v) is 9.66. The van der Waals surface area contributed by atoms with Crippen molar-refractivity contribution in [3.05, 3.63) is 29.6 Å². The van der Waals surface area contributed by atoms with E-state index in [0.717, 1.165) is 5.56 Å². The van der Waals surface area contributed by atoms with Gasteiger partial charge in [0.05, 0.1) is 0 Å². The van der Waals surface area contributed by atoms with Crippen molar-refractivity contribution >= 4 is 5.97 Å². The first-order valence-corrected chi connectivity index (χ1v) is 5.27. The molecule has 1 heterocycles. The second-order valence-electron chi connectivity index (χ2n) is 3.38. The molecule has 0 aliphatic heterocycles. The quantitative estimate of drug-likeness (QED) is 0.831. The van der Waals surface area contributed by atoms with Crippen LogP contribution in [0.3, 0.4) is 0 Å². The Kier molecular flexibility index (Phi) is 7.24. The van der Waals surface area contributed by atoms with Crippen molar-refractivity contribution < 1.29 is 9.90 Å². The van der Waals surface area contributed by atoms with Gasteiger partial charge in [0.1, 0.15) is 5.69 Å². The van der Waals surface area contributed by atoms with Crippen molar-refractivity contribution in [1.82, 2.24) is 4.98 Å². The predicted octanol–water partition coefficient (Wildman–Crippen LogP) is 3.28. The fraction of sp³-hybridized carbons (Fsp3) is 0.500. The lowest BCUT2D eigenvalue weighted by Gasteiger charge is -1.92. The Morgan fingerprint density at radius 2 is 2.00 bits per heavy atom. The largest absolute Gasteiger partial charge is 0.477 e. The summed E-state index contributed by atoms with van der Waals surface area (Å²) >= 11 is 0. The van der Waals surface area contributed by atoms with E-state index in [1.807, 2.05) is 6.92 Å². The Labute approximate surface area is 91.2 Å². The number of carbonyl (C=O) groups is 1. The number of aromatic nitrogens is 1. The molecule has 0 saturated heterocycles. The number of hydrogen-bond acceptors (Lipinski definition) is 2. The molecule has 0 spiro atoms. The zero-order valence-electron chi connectivity index (χ0n) is 9.66. The fourth-order valence-corrected chi connectivity index (χ4v) is 1.01. The molecule has 0 aromatic carbocycles. The van der Waals surface area contributed by atoms with Crippen molar-refractivity contribution in [1.29, 1.82) is 0 Å². The summed E-state index contributed by atoms with van der Waals surface area (Å²) in [4.78, 5) is 13.9. The van der Waals surface area contributed by atoms with Gasteiger partial charge in [-0.2, -0.15) is 0 Å². The first kappa shape index (κ1) is 13.6. The second kappa shape index (κ2) is 7.97. The summed E-state index contributed by atoms with van der Waals surface area (Å²) in [5, 5.41) is 8.45. The molecule has 0 saturated carbocycles. The Morgan fingerprint density at radius 1 is 1.40 bits per heavy atom. The lowest BCUT2D eigenvalue weighted by Crippen LogP contribution is -1.99. The van der Waals surface area contributed by atoms with E-state index in [4.69, 9.17) is 5.11 Å². The minimum absolute atomic E-state index is 0.0972. The third-order valence-corrected chi connectivity index (χ3v) is 1.84. The number of rotatable bonds is 3. The van der Waals surface area contributed by atoms with E-state index in [0.29, 0.717) is 0 Å². The number of carboxylic acid groups (broad SMARTS) is 1. The molecule has 0 aliphatic rings. The van der Waals surface area contributed by atoms with Crippen LogP contribution in [0.15, 0.2) is 18.3 Å². The van der Waals surface area contributed by atoms with E-state index >= 15 is 0 Å². The maximum absolute atomic E-state index is 10.3. The Bertz CT molecular complexity index is 295. The topological polar surface area (TPSA) is 50.2 Å². The van der Waals surface area contributed by atoms with Crippen LogP contribution in [0.1, 0.15) is 49.2 Å². The maximum atomic E-state index is 10.3. The van der Waals surface area contributed by atoms with Crippen LogP contribution in [-0.2, 0) is 0 Å². The van der Waals surface area contributed by atoms with Crippen LogP contribution in [0, 0.1) is 6.92 Å². The van der Waals surface area contributed by atoms with Crippen LogP contribution in [0.2, 0.25) is 0 Å². The van der Waals surface area contributed by atoms with Crippen LogP contribution >= 0.6 is 0 Å². The number of aryl methyl sites for hydroxylation is 1. The Morgan fingerprint density at radius 3 is 2.27 bits per heavy atom. The highest BCUT2D eigenvalue weighted by Crippen LogP contribution is 1.98. The minimum Gasteiger partial charge on any atom is -0.477 e. The van der Waals surface area contributed by atoms with Crippen molar-refractivity contribution in [2.24, 2.45) is 0 Å². The number of nitrogens with zero attached hydrogens (tertiary/aromatic N) is 1. The molecule has 0 amide bonds. The van der Waals surface area contributed by atoms with Crippen molar-refractivity contribution in [3.8, 4) is 0 Å². The molecule has 3 nitrogen and oxygen atoms in total. The summed E-state index contributed by atoms with van der Waals surface area (Å²) in [6, 6.07) is 3.29. The average Bonchev–Trinajstić information content (AvgIpc) is 2.20. The van der Waals surface area contributed by atoms with Gasteiger partial charge in [0.15, 0.2) is 0 Å². The molecule has 0 atom stereocenters. The minimum atomic E-state index is -0.983. The van der Waals surface area contributed by atoms with Gasteiger partial charge in [-0.25, -0.2) is 9.78 Å². The summed E-state index contributed by atoms with van der Waals surface area (Å²) in [6.45, 7) is 6.25. The normalized spacial score (nSPS) is 9.00. The summed E-state index contributed by atoms with van der Waals surface area (Å²) in [7, 11) is 0. The average molecular weight is 209 g/mol. The monoisotopic (exact) mass is 209 g/mol. The number of carboxylic acids is 1. The van der Waals surface area contributed by atoms with E-state index in [1.165, 1.54) is 31.5 Å². The first-order chi connectivity index (χ1) is 7.11. The highest BCUT2D eigenvalue weighted by molar-refractivity contribution is 5.85. The molecule has 0 radical (unpaired) electrons. The highest BCUT2D eigenvalue weighted by atomic mass is 16.4. The third-order valence-electron chi connectivity index (χ3n) is 1.84. The third kappa shape index (κ3) is 6.66. The molecular weight excluding hydrogens is 190 g/mol. The zero-order chi connectivity index (χ0) is 11.7. The van der Waals surface area contributed by atoms with Crippen LogP contribution in [0.5, 0.6) is 0 Å². The molecule has 0 unspecified atom stereocenters. The molecule has 1 N–H and O–H groups in total. The molecule has 0 aliphatic carbocycles. The van der Waals surface area contributed by atoms with E-state index < -0.39 is 5.97 Å². The van der Waals surface area contributed by atoms with Gasteiger partial charge >= 0.3 is 5.97 Å². The first-order valence-electron chi connectivity index (χ1n) is 5.27. The van der Waals surface area contributed by atoms with Crippen molar-refractivity contribution in [3.63, 3.8) is 0 Å². The molecule has 15 heavy (non-hydrogen) atoms. The van der Waals surface area contributed by atoms with E-state index in [-0.39, 0.29) is 5.69 Å². The van der Waals surface area contributed by atoms with Gasteiger partial charge in [-0.1, -0.05) is 33.1 Å². The Balaban J connectivity index is 0.000000336. The summed E-state index contributed by atoms with van der Waals surface area (Å²) < 4.78 is 0. The highest BCUT2D eigenvalue weighted by Gasteiger charge is 2.01. The van der Waals surface area contributed by atoms with E-state index in [1.54, 1.807) is 6.07 Å². The van der Waals surface area contributed by atoms with Gasteiger partial charge in [-0.15, -0.1) is 0 Å². The summed E-state index contributed by atoms with van der Waals surface area (Å²) in [6.07, 6.45) is 5.56. The second-order valence-corrected chi connectivity index (χ2v) is 3.38. The fourth-order valence-electron chi connectivity index (χ4n) is 1.01. The maximum Gasteiger partial charge on any atom is 0.354 e. The van der Waals surface area contributed by atoms with E-state index in [2.05, 4.69) is 18.8 Å². The van der Waals surface area contributed by atoms with Crippen LogP contribution in [-0.4, -0.2) is 16.1 Å². The number of unbranched alkanes of at least 4 members (excludes halogenated alkanes) is 2. The van der Waals surface area contributed by atoms with E-state index in [9.17, 15) is 4.79 Å². The van der Waals surface area contributed by atoms with Gasteiger partial charge in [-0.3, -0.25) is 0 Å². The standard InChI is InChI=1S/C7H7NO2.C5H12/c1-5-2-3-8-6(4-5)7(9)10;1-3-5-4-2/h2-4H,1H3,(H,9,10);3-5H2,1-2H3. The predicted molar refractivity (Wildman–Crippen MR) is 61.1 cm³/mol. The lowest BCUT2D eigenvalue weighted by molar-refractivity contribution is 0.0690. The van der Waals surface area contributed by atoms with Crippen LogP contribution < -0.4 is 0 Å². The van der Waals surface area contributed by atoms with Crippen LogP contribution in [0.4, 0.5) is 0 Å². The lowest BCUT2D eigenvalue weighted by atomic mass is 10.2. The molecule has 0 bridgehead atoms.